The van der Waals surface area contributed by atoms with Gasteiger partial charge in [-0.05, 0) is 69.9 Å². The van der Waals surface area contributed by atoms with Gasteiger partial charge in [0, 0.05) is 38.5 Å². The van der Waals surface area contributed by atoms with Gasteiger partial charge < -0.3 is 25.0 Å². The molecule has 0 aliphatic heterocycles. The molecule has 0 bridgehead atoms. The summed E-state index contributed by atoms with van der Waals surface area (Å²) in [7, 11) is 3.23. The number of allylic oxidation sites excluding steroid dienone is 1. The number of hydrogen-bond donors (Lipinski definition) is 2. The molecule has 9 nitrogen and oxygen atoms in total. The standard InChI is InChI=1S/C24H36ClN5O4/c1-23(2,3)34-22(32)30(4)15-19(31)28-18-13-24(18)8-6-7-16(12-24)11-17-14-27-21(25)29-20(17)26-9-10-33-5/h11,14,18H,6-10,12-13,15H2,1-5H3,(H,28,31)(H,26,27,29). The van der Waals surface area contributed by atoms with Crippen LogP contribution >= 0.6 is 11.6 Å². The minimum absolute atomic E-state index is 0.0250. The van der Waals surface area contributed by atoms with Gasteiger partial charge in [-0.2, -0.15) is 0 Å². The summed E-state index contributed by atoms with van der Waals surface area (Å²) in [5.41, 5.74) is 1.70. The SMILES string of the molecule is COCCNc1nc(Cl)ncc1C=C1CCCC2(C1)CC2NC(=O)CN(C)C(=O)OC(C)(C)C. The summed E-state index contributed by atoms with van der Waals surface area (Å²) in [6, 6.07) is 0.122. The summed E-state index contributed by atoms with van der Waals surface area (Å²) in [4.78, 5) is 34.4. The molecule has 2 aliphatic rings. The van der Waals surface area contributed by atoms with E-state index in [4.69, 9.17) is 21.1 Å². The van der Waals surface area contributed by atoms with Crippen molar-refractivity contribution in [3.05, 3.63) is 22.6 Å². The van der Waals surface area contributed by atoms with Crippen LogP contribution in [0.2, 0.25) is 5.28 Å². The van der Waals surface area contributed by atoms with Gasteiger partial charge in [0.2, 0.25) is 11.2 Å². The van der Waals surface area contributed by atoms with E-state index >= 15 is 0 Å². The molecule has 2 fully saturated rings. The van der Waals surface area contributed by atoms with Crippen LogP contribution in [0.5, 0.6) is 0 Å². The summed E-state index contributed by atoms with van der Waals surface area (Å²) >= 11 is 6.00. The van der Waals surface area contributed by atoms with E-state index in [1.807, 2.05) is 0 Å². The molecule has 2 atom stereocenters. The van der Waals surface area contributed by atoms with Gasteiger partial charge in [-0.1, -0.05) is 11.6 Å². The Kier molecular flexibility index (Phi) is 8.41. The second kappa shape index (κ2) is 10.9. The molecule has 0 radical (unpaired) electrons. The summed E-state index contributed by atoms with van der Waals surface area (Å²) in [5.74, 6) is 0.525. The van der Waals surface area contributed by atoms with Crippen LogP contribution in [0.1, 0.15) is 58.4 Å². The van der Waals surface area contributed by atoms with Crippen LogP contribution in [0.15, 0.2) is 11.8 Å². The molecule has 34 heavy (non-hydrogen) atoms. The number of aromatic nitrogens is 2. The van der Waals surface area contributed by atoms with Crippen molar-refractivity contribution in [2.75, 3.05) is 39.2 Å². The zero-order valence-electron chi connectivity index (χ0n) is 20.7. The van der Waals surface area contributed by atoms with E-state index < -0.39 is 11.7 Å². The summed E-state index contributed by atoms with van der Waals surface area (Å²) in [6.07, 6.45) is 8.38. The van der Waals surface area contributed by atoms with Gasteiger partial charge in [-0.25, -0.2) is 14.8 Å². The van der Waals surface area contributed by atoms with E-state index in [0.29, 0.717) is 19.0 Å². The number of ether oxygens (including phenoxy) is 2. The molecule has 10 heteroatoms. The predicted molar refractivity (Wildman–Crippen MR) is 132 cm³/mol. The fourth-order valence-electron chi connectivity index (χ4n) is 4.41. The van der Waals surface area contributed by atoms with Crippen molar-refractivity contribution in [2.24, 2.45) is 5.41 Å². The average molecular weight is 494 g/mol. The van der Waals surface area contributed by atoms with Crippen LogP contribution in [-0.4, -0.2) is 72.4 Å². The van der Waals surface area contributed by atoms with Crippen molar-refractivity contribution >= 4 is 35.5 Å². The molecule has 1 spiro atoms. The smallest absolute Gasteiger partial charge is 0.410 e. The van der Waals surface area contributed by atoms with Gasteiger partial charge in [-0.3, -0.25) is 4.79 Å². The number of rotatable bonds is 8. The van der Waals surface area contributed by atoms with Crippen molar-refractivity contribution in [3.8, 4) is 0 Å². The van der Waals surface area contributed by atoms with Crippen molar-refractivity contribution in [2.45, 2.75) is 64.5 Å². The highest BCUT2D eigenvalue weighted by molar-refractivity contribution is 6.28. The Morgan fingerprint density at radius 2 is 2.15 bits per heavy atom. The zero-order valence-corrected chi connectivity index (χ0v) is 21.5. The summed E-state index contributed by atoms with van der Waals surface area (Å²) in [6.45, 7) is 6.56. The minimum atomic E-state index is -0.596. The Labute approximate surface area is 206 Å². The monoisotopic (exact) mass is 493 g/mol. The first-order chi connectivity index (χ1) is 16.0. The number of carbonyl (C=O) groups excluding carboxylic acids is 2. The van der Waals surface area contributed by atoms with Gasteiger partial charge in [0.15, 0.2) is 0 Å². The van der Waals surface area contributed by atoms with E-state index in [2.05, 4.69) is 26.7 Å². The van der Waals surface area contributed by atoms with Crippen LogP contribution in [-0.2, 0) is 14.3 Å². The van der Waals surface area contributed by atoms with Crippen molar-refractivity contribution in [3.63, 3.8) is 0 Å². The van der Waals surface area contributed by atoms with Crippen molar-refractivity contribution in [1.82, 2.24) is 20.2 Å². The highest BCUT2D eigenvalue weighted by Gasteiger charge is 2.55. The molecule has 2 aliphatic carbocycles. The molecule has 1 heterocycles. The van der Waals surface area contributed by atoms with Crippen LogP contribution < -0.4 is 10.6 Å². The lowest BCUT2D eigenvalue weighted by atomic mass is 9.81. The summed E-state index contributed by atoms with van der Waals surface area (Å²) in [5, 5.41) is 6.57. The first-order valence-corrected chi connectivity index (χ1v) is 12.1. The van der Waals surface area contributed by atoms with E-state index in [9.17, 15) is 9.59 Å². The molecule has 3 rings (SSSR count). The molecule has 0 saturated heterocycles. The number of nitrogens with one attached hydrogen (secondary N) is 2. The topological polar surface area (TPSA) is 106 Å². The molecule has 2 saturated carbocycles. The van der Waals surface area contributed by atoms with Crippen molar-refractivity contribution < 1.29 is 19.1 Å². The van der Waals surface area contributed by atoms with E-state index in [0.717, 1.165) is 37.7 Å². The Morgan fingerprint density at radius 1 is 1.38 bits per heavy atom. The van der Waals surface area contributed by atoms with Crippen LogP contribution in [0.4, 0.5) is 10.6 Å². The Balaban J connectivity index is 1.58. The minimum Gasteiger partial charge on any atom is -0.444 e. The maximum absolute atomic E-state index is 12.6. The molecule has 1 aromatic rings. The number of amides is 2. The van der Waals surface area contributed by atoms with Crippen molar-refractivity contribution in [1.29, 1.82) is 0 Å². The van der Waals surface area contributed by atoms with E-state index in [-0.39, 0.29) is 29.2 Å². The number of halogens is 1. The van der Waals surface area contributed by atoms with Gasteiger partial charge in [0.25, 0.3) is 0 Å². The lowest BCUT2D eigenvalue weighted by Gasteiger charge is -2.26. The number of methoxy groups -OCH3 is 1. The van der Waals surface area contributed by atoms with Crippen LogP contribution in [0, 0.1) is 5.41 Å². The maximum Gasteiger partial charge on any atom is 0.410 e. The Bertz CT molecular complexity index is 932. The molecule has 0 aromatic carbocycles. The average Bonchev–Trinajstić information content (AvgIpc) is 3.38. The quantitative estimate of drug-likeness (QED) is 0.418. The summed E-state index contributed by atoms with van der Waals surface area (Å²) < 4.78 is 10.4. The highest BCUT2D eigenvalue weighted by Crippen LogP contribution is 2.57. The van der Waals surface area contributed by atoms with Gasteiger partial charge in [-0.15, -0.1) is 0 Å². The Hall–Kier alpha value is -2.39. The second-order valence-corrected chi connectivity index (χ2v) is 10.6. The van der Waals surface area contributed by atoms with Gasteiger partial charge in [0.1, 0.15) is 18.0 Å². The number of anilines is 1. The lowest BCUT2D eigenvalue weighted by molar-refractivity contribution is -0.122. The normalized spacial score (nSPS) is 23.0. The molecular formula is C24H36ClN5O4. The third-order valence-corrected chi connectivity index (χ3v) is 6.29. The van der Waals surface area contributed by atoms with Gasteiger partial charge >= 0.3 is 6.09 Å². The number of likely N-dealkylation sites (N-methyl/N-ethyl adjacent to an activating group) is 1. The molecule has 188 valence electrons. The van der Waals surface area contributed by atoms with E-state index in [1.165, 1.54) is 10.5 Å². The largest absolute Gasteiger partial charge is 0.444 e. The van der Waals surface area contributed by atoms with Crippen LogP contribution in [0.3, 0.4) is 0 Å². The Morgan fingerprint density at radius 3 is 2.85 bits per heavy atom. The van der Waals surface area contributed by atoms with E-state index in [1.54, 1.807) is 41.1 Å². The fraction of sp³-hybridized carbons (Fsp3) is 0.667. The number of nitrogens with zero attached hydrogens (tertiary/aromatic N) is 3. The fourth-order valence-corrected chi connectivity index (χ4v) is 4.54. The number of carbonyl (C=O) groups is 2. The maximum atomic E-state index is 12.6. The molecular weight excluding hydrogens is 458 g/mol. The molecule has 2 amide bonds. The number of hydrogen-bond acceptors (Lipinski definition) is 7. The predicted octanol–water partition coefficient (Wildman–Crippen LogP) is 3.89. The van der Waals surface area contributed by atoms with Crippen LogP contribution in [0.25, 0.3) is 6.08 Å². The highest BCUT2D eigenvalue weighted by atomic mass is 35.5. The second-order valence-electron chi connectivity index (χ2n) is 10.2. The molecule has 2 unspecified atom stereocenters. The zero-order chi connectivity index (χ0) is 24.9. The third kappa shape index (κ3) is 7.30. The molecule has 2 N–H and O–H groups in total. The first kappa shape index (κ1) is 26.2. The van der Waals surface area contributed by atoms with Gasteiger partial charge in [0.05, 0.1) is 6.61 Å². The first-order valence-electron chi connectivity index (χ1n) is 11.7. The lowest BCUT2D eigenvalue weighted by Crippen LogP contribution is -2.42. The molecule has 1 aromatic heterocycles. The third-order valence-electron chi connectivity index (χ3n) is 6.11.